The van der Waals surface area contributed by atoms with Crippen LogP contribution in [0.25, 0.3) is 0 Å². The van der Waals surface area contributed by atoms with E-state index in [4.69, 9.17) is 5.73 Å². The summed E-state index contributed by atoms with van der Waals surface area (Å²) in [4.78, 5) is 91.3. The Morgan fingerprint density at radius 1 is 0.618 bits per heavy atom. The molecule has 0 rings (SSSR count). The highest BCUT2D eigenvalue weighted by atomic mass is 16.3. The largest absolute Gasteiger partial charge is 0.391 e. The van der Waals surface area contributed by atoms with Gasteiger partial charge in [0.15, 0.2) is 0 Å². The van der Waals surface area contributed by atoms with E-state index in [0.717, 1.165) is 23.9 Å². The minimum atomic E-state index is -1.36. The molecule has 0 heterocycles. The first kappa shape index (κ1) is 51.3. The second-order valence-corrected chi connectivity index (χ2v) is 15.6. The SMILES string of the molecule is CNCCC[C@H](NC(=O)[C@H](C)NC(=O)[C@@H](NC(=O)[C@H](CCCCN)NC(=O)[C@@H](NC(=O)[C@H](C)NC)[C@@H](C)O)C(C)C)C(=O)N[C@H](C=O)CCCC[N+](C)(C)C. The van der Waals surface area contributed by atoms with Gasteiger partial charge in [0.1, 0.15) is 36.5 Å². The monoisotopic (exact) mass is 786 g/mol. The van der Waals surface area contributed by atoms with Crippen molar-refractivity contribution < 1.29 is 43.2 Å². The fraction of sp³-hybridized carbons (Fsp3) is 0.811. The van der Waals surface area contributed by atoms with Crippen molar-refractivity contribution in [3.8, 4) is 0 Å². The van der Waals surface area contributed by atoms with Crippen LogP contribution in [0.5, 0.6) is 0 Å². The van der Waals surface area contributed by atoms with Crippen LogP contribution in [0, 0.1) is 5.92 Å². The third kappa shape index (κ3) is 21.2. The van der Waals surface area contributed by atoms with Gasteiger partial charge in [-0.3, -0.25) is 28.8 Å². The van der Waals surface area contributed by atoms with E-state index in [1.807, 2.05) is 0 Å². The number of nitrogens with zero attached hydrogens (tertiary/aromatic N) is 1. The van der Waals surface area contributed by atoms with Gasteiger partial charge in [-0.05, 0) is 105 Å². The average Bonchev–Trinajstić information content (AvgIpc) is 3.11. The zero-order chi connectivity index (χ0) is 42.3. The lowest BCUT2D eigenvalue weighted by atomic mass is 10.0. The summed E-state index contributed by atoms with van der Waals surface area (Å²) in [5.41, 5.74) is 5.65. The zero-order valence-corrected chi connectivity index (χ0v) is 34.9. The van der Waals surface area contributed by atoms with Gasteiger partial charge in [0.2, 0.25) is 35.4 Å². The highest BCUT2D eigenvalue weighted by Crippen LogP contribution is 2.09. The van der Waals surface area contributed by atoms with E-state index < -0.39 is 89.8 Å². The lowest BCUT2D eigenvalue weighted by Gasteiger charge is -2.28. The molecule has 0 saturated heterocycles. The quantitative estimate of drug-likeness (QED) is 0.0220. The van der Waals surface area contributed by atoms with Crippen molar-refractivity contribution in [1.82, 2.24) is 42.5 Å². The molecule has 0 spiro atoms. The second-order valence-electron chi connectivity index (χ2n) is 15.6. The summed E-state index contributed by atoms with van der Waals surface area (Å²) in [5.74, 6) is -4.26. The summed E-state index contributed by atoms with van der Waals surface area (Å²) in [6.07, 6.45) is 3.50. The van der Waals surface area contributed by atoms with E-state index in [0.29, 0.717) is 45.1 Å². The van der Waals surface area contributed by atoms with Crippen molar-refractivity contribution in [2.75, 3.05) is 54.9 Å². The van der Waals surface area contributed by atoms with E-state index >= 15 is 0 Å². The highest BCUT2D eigenvalue weighted by molar-refractivity contribution is 5.96. The molecule has 18 heteroatoms. The number of aliphatic hydroxyl groups is 1. The van der Waals surface area contributed by atoms with Crippen LogP contribution >= 0.6 is 0 Å². The maximum atomic E-state index is 13.6. The van der Waals surface area contributed by atoms with E-state index in [-0.39, 0.29) is 12.8 Å². The summed E-state index contributed by atoms with van der Waals surface area (Å²) >= 11 is 0. The van der Waals surface area contributed by atoms with Gasteiger partial charge in [0, 0.05) is 0 Å². The predicted octanol–water partition coefficient (Wildman–Crippen LogP) is -2.24. The molecule has 0 bridgehead atoms. The summed E-state index contributed by atoms with van der Waals surface area (Å²) < 4.78 is 0.787. The number of quaternary nitrogens is 1. The van der Waals surface area contributed by atoms with Gasteiger partial charge in [0.05, 0.1) is 45.9 Å². The molecule has 0 aliphatic rings. The summed E-state index contributed by atoms with van der Waals surface area (Å²) in [7, 11) is 9.58. The Balaban J connectivity index is 5.80. The van der Waals surface area contributed by atoms with E-state index in [2.05, 4.69) is 63.7 Å². The van der Waals surface area contributed by atoms with Crippen molar-refractivity contribution in [2.45, 2.75) is 134 Å². The van der Waals surface area contributed by atoms with Gasteiger partial charge in [-0.25, -0.2) is 0 Å². The number of aldehydes is 1. The number of rotatable bonds is 29. The lowest BCUT2D eigenvalue weighted by Crippen LogP contribution is -2.61. The molecule has 11 N–H and O–H groups in total. The Hall–Kier alpha value is -3.71. The van der Waals surface area contributed by atoms with Gasteiger partial charge in [-0.15, -0.1) is 0 Å². The van der Waals surface area contributed by atoms with E-state index in [9.17, 15) is 38.7 Å². The van der Waals surface area contributed by atoms with Gasteiger partial charge in [-0.2, -0.15) is 0 Å². The number of carbonyl (C=O) groups excluding carboxylic acids is 7. The van der Waals surface area contributed by atoms with Crippen molar-refractivity contribution in [2.24, 2.45) is 11.7 Å². The third-order valence-corrected chi connectivity index (χ3v) is 9.11. The fourth-order valence-electron chi connectivity index (χ4n) is 5.45. The number of hydrogen-bond donors (Lipinski definition) is 10. The summed E-state index contributed by atoms with van der Waals surface area (Å²) in [6, 6.07) is -7.07. The van der Waals surface area contributed by atoms with Crippen molar-refractivity contribution in [1.29, 1.82) is 0 Å². The Kier molecular flexibility index (Phi) is 25.2. The number of nitrogens with two attached hydrogens (primary N) is 1. The van der Waals surface area contributed by atoms with Crippen LogP contribution in [0.3, 0.4) is 0 Å². The van der Waals surface area contributed by atoms with E-state index in [1.165, 1.54) is 13.8 Å². The van der Waals surface area contributed by atoms with Crippen LogP contribution in [0.4, 0.5) is 0 Å². The molecule has 0 aromatic carbocycles. The number of aliphatic hydroxyl groups excluding tert-OH is 1. The van der Waals surface area contributed by atoms with Gasteiger partial charge < -0.3 is 62.7 Å². The zero-order valence-electron chi connectivity index (χ0n) is 34.9. The van der Waals surface area contributed by atoms with Crippen LogP contribution in [0.2, 0.25) is 0 Å². The molecule has 55 heavy (non-hydrogen) atoms. The molecule has 318 valence electrons. The van der Waals surface area contributed by atoms with Crippen LogP contribution in [-0.4, -0.2) is 155 Å². The number of unbranched alkanes of at least 4 members (excludes halogenated alkanes) is 2. The van der Waals surface area contributed by atoms with Crippen LogP contribution < -0.4 is 48.3 Å². The molecule has 0 aliphatic heterocycles. The molecular formula is C37H73N10O8+. The van der Waals surface area contributed by atoms with Crippen LogP contribution in [-0.2, 0) is 33.6 Å². The maximum absolute atomic E-state index is 13.6. The standard InChI is InChI=1S/C37H72N10O8/c1-23(2)30(45-35(53)28(17-11-13-19-38)44-37(55)31(26(5)49)46-32(50)24(3)40-7)36(54)41-25(4)33(51)43-29(18-15-20-39-6)34(52)42-27(22-48)16-12-14-21-47(8,9)10/h22-31,39-40,49H,11-21,38H2,1-10H3,(H5-,41,42,43,44,45,46,50,51,52,53,54,55)/p+1/t24-,25-,26+,27-,28-,29-,30-,31-/m0/s1. The van der Waals surface area contributed by atoms with Crippen molar-refractivity contribution >= 4 is 41.7 Å². The summed E-state index contributed by atoms with van der Waals surface area (Å²) in [6.45, 7) is 9.62. The van der Waals surface area contributed by atoms with Gasteiger partial charge >= 0.3 is 0 Å². The molecule has 6 amide bonds. The lowest BCUT2D eigenvalue weighted by molar-refractivity contribution is -0.870. The van der Waals surface area contributed by atoms with Crippen molar-refractivity contribution in [3.63, 3.8) is 0 Å². The fourth-order valence-corrected chi connectivity index (χ4v) is 5.45. The smallest absolute Gasteiger partial charge is 0.245 e. The first-order valence-corrected chi connectivity index (χ1v) is 19.5. The minimum Gasteiger partial charge on any atom is -0.391 e. The number of carbonyl (C=O) groups is 7. The molecular weight excluding hydrogens is 712 g/mol. The van der Waals surface area contributed by atoms with Crippen molar-refractivity contribution in [3.05, 3.63) is 0 Å². The van der Waals surface area contributed by atoms with Gasteiger partial charge in [0.25, 0.3) is 0 Å². The minimum absolute atomic E-state index is 0.158. The molecule has 0 saturated carbocycles. The molecule has 0 aliphatic carbocycles. The Bertz CT molecular complexity index is 1210. The molecule has 0 unspecified atom stereocenters. The summed E-state index contributed by atoms with van der Waals surface area (Å²) in [5, 5.41) is 31.9. The first-order valence-electron chi connectivity index (χ1n) is 19.5. The average molecular weight is 786 g/mol. The molecule has 0 radical (unpaired) electrons. The predicted molar refractivity (Wildman–Crippen MR) is 211 cm³/mol. The Labute approximate surface area is 328 Å². The Morgan fingerprint density at radius 2 is 1.13 bits per heavy atom. The molecule has 0 aromatic heterocycles. The topological polar surface area (TPSA) is 262 Å². The van der Waals surface area contributed by atoms with Gasteiger partial charge in [-0.1, -0.05) is 13.8 Å². The molecule has 8 atom stereocenters. The number of nitrogens with one attached hydrogen (secondary N) is 8. The van der Waals surface area contributed by atoms with Crippen LogP contribution in [0.15, 0.2) is 0 Å². The van der Waals surface area contributed by atoms with E-state index in [1.54, 1.807) is 34.9 Å². The number of hydrogen-bond acceptors (Lipinski definition) is 11. The number of likely N-dealkylation sites (N-methyl/N-ethyl adjacent to an activating group) is 1. The highest BCUT2D eigenvalue weighted by Gasteiger charge is 2.34. The molecule has 0 aromatic rings. The molecule has 18 nitrogen and oxygen atoms in total. The molecule has 0 fully saturated rings. The first-order chi connectivity index (χ1) is 25.7. The Morgan fingerprint density at radius 3 is 1.64 bits per heavy atom. The third-order valence-electron chi connectivity index (χ3n) is 9.11. The normalized spacial score (nSPS) is 15.9. The second kappa shape index (κ2) is 27.0. The van der Waals surface area contributed by atoms with Crippen LogP contribution in [0.1, 0.15) is 86.0 Å². The number of amides is 6. The maximum Gasteiger partial charge on any atom is 0.245 e.